The van der Waals surface area contributed by atoms with Crippen molar-refractivity contribution in [3.8, 4) is 17.1 Å². The number of carbonyl (C=O) groups is 3. The maximum atomic E-state index is 12.9. The molecule has 7 nitrogen and oxygen atoms in total. The van der Waals surface area contributed by atoms with E-state index in [1.807, 2.05) is 25.1 Å². The number of carbonyl (C=O) groups excluding carboxylic acids is 2. The number of ether oxygens (including phenoxy) is 1. The second-order valence-corrected chi connectivity index (χ2v) is 9.98. The van der Waals surface area contributed by atoms with Crippen LogP contribution in [0.2, 0.25) is 5.02 Å². The van der Waals surface area contributed by atoms with Crippen LogP contribution in [0.1, 0.15) is 47.0 Å². The van der Waals surface area contributed by atoms with Crippen LogP contribution >= 0.6 is 23.4 Å². The summed E-state index contributed by atoms with van der Waals surface area (Å²) in [6.07, 6.45) is 1.51. The zero-order valence-corrected chi connectivity index (χ0v) is 21.5. The van der Waals surface area contributed by atoms with Crippen LogP contribution in [0.5, 0.6) is 5.75 Å². The summed E-state index contributed by atoms with van der Waals surface area (Å²) in [5.41, 5.74) is 2.73. The second-order valence-electron chi connectivity index (χ2n) is 8.58. The summed E-state index contributed by atoms with van der Waals surface area (Å²) < 4.78 is 11.7. The van der Waals surface area contributed by atoms with E-state index in [4.69, 9.17) is 25.9 Å². The molecule has 0 bridgehead atoms. The summed E-state index contributed by atoms with van der Waals surface area (Å²) in [6.45, 7) is 6.46. The van der Waals surface area contributed by atoms with E-state index >= 15 is 0 Å². The third-order valence-corrected chi connectivity index (χ3v) is 6.84. The fourth-order valence-electron chi connectivity index (χ4n) is 3.74. The van der Waals surface area contributed by atoms with Gasteiger partial charge in [-0.2, -0.15) is 0 Å². The lowest BCUT2D eigenvalue weighted by Crippen LogP contribution is -2.32. The minimum atomic E-state index is -1.12. The van der Waals surface area contributed by atoms with Crippen molar-refractivity contribution in [3.63, 3.8) is 0 Å². The maximum Gasteiger partial charge on any atom is 0.337 e. The Hall–Kier alpha value is -3.49. The number of carboxylic acids is 1. The molecule has 3 aromatic rings. The van der Waals surface area contributed by atoms with Gasteiger partial charge in [0.1, 0.15) is 23.9 Å². The first kappa shape index (κ1) is 25.6. The normalized spacial score (nSPS) is 14.8. The average Bonchev–Trinajstić information content (AvgIpc) is 3.38. The highest BCUT2D eigenvalue weighted by Gasteiger charge is 2.35. The lowest BCUT2D eigenvalue weighted by Gasteiger charge is -2.17. The number of hydrogen-bond acceptors (Lipinski definition) is 6. The predicted molar refractivity (Wildman–Crippen MR) is 140 cm³/mol. The highest BCUT2D eigenvalue weighted by molar-refractivity contribution is 8.18. The third kappa shape index (κ3) is 5.50. The van der Waals surface area contributed by atoms with Crippen LogP contribution in [-0.2, 0) is 4.79 Å². The predicted octanol–water partition coefficient (Wildman–Crippen LogP) is 6.85. The average molecular weight is 526 g/mol. The van der Waals surface area contributed by atoms with Gasteiger partial charge >= 0.3 is 5.97 Å². The van der Waals surface area contributed by atoms with E-state index in [0.29, 0.717) is 17.1 Å². The maximum absolute atomic E-state index is 12.9. The summed E-state index contributed by atoms with van der Waals surface area (Å²) in [5, 5.41) is 8.85. The fourth-order valence-corrected chi connectivity index (χ4v) is 4.85. The molecule has 1 fully saturated rings. The van der Waals surface area contributed by atoms with Crippen LogP contribution in [-0.4, -0.2) is 40.3 Å². The molecule has 2 heterocycles. The van der Waals surface area contributed by atoms with E-state index in [9.17, 15) is 14.4 Å². The fraction of sp³-hybridized carbons (Fsp3) is 0.222. The van der Waals surface area contributed by atoms with E-state index in [-0.39, 0.29) is 39.8 Å². The monoisotopic (exact) mass is 525 g/mol. The van der Waals surface area contributed by atoms with Gasteiger partial charge in [0.05, 0.1) is 22.0 Å². The van der Waals surface area contributed by atoms with Crippen LogP contribution in [0.4, 0.5) is 4.79 Å². The number of carboxylic acid groups (broad SMARTS) is 1. The molecular formula is C27H24ClNO6S. The van der Waals surface area contributed by atoms with Gasteiger partial charge in [-0.15, -0.1) is 0 Å². The number of furan rings is 1. The Bertz CT molecular complexity index is 1380. The van der Waals surface area contributed by atoms with Gasteiger partial charge in [0.2, 0.25) is 0 Å². The van der Waals surface area contributed by atoms with Gasteiger partial charge in [0.25, 0.3) is 11.1 Å². The molecule has 0 atom stereocenters. The highest BCUT2D eigenvalue weighted by atomic mass is 35.5. The quantitative estimate of drug-likeness (QED) is 0.321. The first-order valence-corrected chi connectivity index (χ1v) is 12.4. The minimum Gasteiger partial charge on any atom is -0.491 e. The van der Waals surface area contributed by atoms with Crippen LogP contribution < -0.4 is 4.74 Å². The zero-order chi connectivity index (χ0) is 26.0. The van der Waals surface area contributed by atoms with Crippen molar-refractivity contribution in [1.82, 2.24) is 4.90 Å². The number of imide groups is 1. The Kier molecular flexibility index (Phi) is 7.56. The van der Waals surface area contributed by atoms with Gasteiger partial charge in [0.15, 0.2) is 0 Å². The van der Waals surface area contributed by atoms with Gasteiger partial charge in [-0.1, -0.05) is 43.6 Å². The second kappa shape index (κ2) is 10.6. The molecule has 1 aromatic heterocycles. The number of thioether (sulfide) groups is 1. The Labute approximate surface area is 217 Å². The molecule has 36 heavy (non-hydrogen) atoms. The summed E-state index contributed by atoms with van der Waals surface area (Å²) >= 11 is 6.89. The number of amides is 2. The van der Waals surface area contributed by atoms with Gasteiger partial charge in [-0.25, -0.2) is 4.79 Å². The third-order valence-electron chi connectivity index (χ3n) is 5.62. The first-order valence-electron chi connectivity index (χ1n) is 11.3. The van der Waals surface area contributed by atoms with Gasteiger partial charge in [-0.05, 0) is 66.1 Å². The molecule has 4 rings (SSSR count). The van der Waals surface area contributed by atoms with E-state index in [1.54, 1.807) is 18.2 Å². The van der Waals surface area contributed by atoms with Crippen LogP contribution in [0.25, 0.3) is 17.4 Å². The lowest BCUT2D eigenvalue weighted by atomic mass is 10.0. The standard InChI is InChI=1S/C27H24ClNO6S/c1-15(2)19-7-4-16(3)12-23(19)34-11-10-29-25(30)24(36-27(29)33)14-18-6-9-22(35-18)17-5-8-20(26(31)32)21(28)13-17/h4-9,12-15H,10-11H2,1-3H3,(H,31,32)/b24-14-. The topological polar surface area (TPSA) is 97.1 Å². The van der Waals surface area contributed by atoms with Crippen molar-refractivity contribution < 1.29 is 28.6 Å². The minimum absolute atomic E-state index is 0.00678. The molecule has 0 radical (unpaired) electrons. The Morgan fingerprint density at radius 2 is 1.94 bits per heavy atom. The Morgan fingerprint density at radius 3 is 2.64 bits per heavy atom. The number of aromatic carboxylic acids is 1. The van der Waals surface area contributed by atoms with Crippen molar-refractivity contribution in [2.75, 3.05) is 13.2 Å². The Morgan fingerprint density at radius 1 is 1.17 bits per heavy atom. The summed E-state index contributed by atoms with van der Waals surface area (Å²) in [4.78, 5) is 37.9. The van der Waals surface area contributed by atoms with Crippen molar-refractivity contribution in [3.05, 3.63) is 80.9 Å². The highest BCUT2D eigenvalue weighted by Crippen LogP contribution is 2.34. The van der Waals surface area contributed by atoms with E-state index in [1.165, 1.54) is 18.2 Å². The van der Waals surface area contributed by atoms with Crippen LogP contribution in [0.15, 0.2) is 57.9 Å². The van der Waals surface area contributed by atoms with Crippen molar-refractivity contribution in [1.29, 1.82) is 0 Å². The number of aryl methyl sites for hydroxylation is 1. The molecule has 186 valence electrons. The van der Waals surface area contributed by atoms with Crippen LogP contribution in [0, 0.1) is 6.92 Å². The summed E-state index contributed by atoms with van der Waals surface area (Å²) in [6, 6.07) is 13.9. The number of benzene rings is 2. The zero-order valence-electron chi connectivity index (χ0n) is 19.9. The van der Waals surface area contributed by atoms with Crippen molar-refractivity contribution >= 4 is 46.6 Å². The number of rotatable bonds is 8. The molecule has 0 unspecified atom stereocenters. The molecule has 0 aliphatic carbocycles. The molecule has 0 spiro atoms. The molecule has 0 saturated carbocycles. The van der Waals surface area contributed by atoms with E-state index in [0.717, 1.165) is 33.5 Å². The smallest absolute Gasteiger partial charge is 0.337 e. The van der Waals surface area contributed by atoms with Crippen molar-refractivity contribution in [2.45, 2.75) is 26.7 Å². The molecule has 1 saturated heterocycles. The molecule has 9 heteroatoms. The molecular weight excluding hydrogens is 502 g/mol. The van der Waals surface area contributed by atoms with Crippen molar-refractivity contribution in [2.24, 2.45) is 0 Å². The van der Waals surface area contributed by atoms with Crippen LogP contribution in [0.3, 0.4) is 0 Å². The van der Waals surface area contributed by atoms with E-state index < -0.39 is 11.9 Å². The SMILES string of the molecule is Cc1ccc(C(C)C)c(OCCN2C(=O)S/C(=C\c3ccc(-c4ccc(C(=O)O)c(Cl)c4)o3)C2=O)c1. The molecule has 2 aromatic carbocycles. The molecule has 1 aliphatic rings. The molecule has 1 aliphatic heterocycles. The first-order chi connectivity index (χ1) is 17.1. The largest absolute Gasteiger partial charge is 0.491 e. The number of halogens is 1. The van der Waals surface area contributed by atoms with Gasteiger partial charge < -0.3 is 14.3 Å². The Balaban J connectivity index is 1.43. The molecule has 2 amide bonds. The number of hydrogen-bond donors (Lipinski definition) is 1. The molecule has 1 N–H and O–H groups in total. The van der Waals surface area contributed by atoms with Gasteiger partial charge in [0, 0.05) is 11.6 Å². The summed E-state index contributed by atoms with van der Waals surface area (Å²) in [5.74, 6) is 0.344. The van der Waals surface area contributed by atoms with E-state index in [2.05, 4.69) is 13.8 Å². The van der Waals surface area contributed by atoms with Gasteiger partial charge in [-0.3, -0.25) is 14.5 Å². The number of nitrogens with zero attached hydrogens (tertiary/aromatic N) is 1. The summed E-state index contributed by atoms with van der Waals surface area (Å²) in [7, 11) is 0. The lowest BCUT2D eigenvalue weighted by molar-refractivity contribution is -0.123.